The van der Waals surface area contributed by atoms with Crippen molar-refractivity contribution in [3.8, 4) is 0 Å². The van der Waals surface area contributed by atoms with Gasteiger partial charge in [0.15, 0.2) is 11.6 Å². The van der Waals surface area contributed by atoms with Crippen molar-refractivity contribution in [2.24, 2.45) is 5.92 Å². The zero-order valence-electron chi connectivity index (χ0n) is 39.3. The Morgan fingerprint density at radius 1 is 0.677 bits per heavy atom. The molecule has 2 fully saturated rings. The summed E-state index contributed by atoms with van der Waals surface area (Å²) in [6.45, 7) is 13.0. The minimum absolute atomic E-state index is 0.0109. The molecule has 0 radical (unpaired) electrons. The maximum absolute atomic E-state index is 13.4. The number of Topliss-reactive ketones (excluding diaryl/α,β-unsaturated/α-hetero) is 2. The zero-order chi connectivity index (χ0) is 47.3. The fourth-order valence-electron chi connectivity index (χ4n) is 8.73. The van der Waals surface area contributed by atoms with Gasteiger partial charge in [0.05, 0.1) is 12.1 Å². The van der Waals surface area contributed by atoms with Crippen LogP contribution in [0.4, 0.5) is 16.4 Å². The van der Waals surface area contributed by atoms with Crippen LogP contribution >= 0.6 is 0 Å². The Balaban J connectivity index is 0.000000250. The number of pyridine rings is 2. The summed E-state index contributed by atoms with van der Waals surface area (Å²) in [6.07, 6.45) is 6.37. The van der Waals surface area contributed by atoms with E-state index in [-0.39, 0.29) is 41.6 Å². The molecule has 348 valence electrons. The summed E-state index contributed by atoms with van der Waals surface area (Å²) in [4.78, 5) is 74.5. The number of anilines is 2. The van der Waals surface area contributed by atoms with Gasteiger partial charge in [-0.2, -0.15) is 0 Å². The first kappa shape index (κ1) is 49.9. The van der Waals surface area contributed by atoms with E-state index in [0.717, 1.165) is 60.2 Å². The van der Waals surface area contributed by atoms with Crippen molar-refractivity contribution in [3.05, 3.63) is 119 Å². The number of amides is 3. The highest BCUT2D eigenvalue weighted by atomic mass is 16.6. The molecule has 0 unspecified atom stereocenters. The van der Waals surface area contributed by atoms with Crippen LogP contribution in [0.15, 0.2) is 84.9 Å². The topological polar surface area (TPSA) is 200 Å². The van der Waals surface area contributed by atoms with Gasteiger partial charge in [0, 0.05) is 36.7 Å². The number of hydrogen-bond donors (Lipinski definition) is 4. The number of aryl methyl sites for hydroxylation is 4. The molecule has 0 spiro atoms. The van der Waals surface area contributed by atoms with E-state index >= 15 is 0 Å². The normalized spacial score (nSPS) is 19.4. The summed E-state index contributed by atoms with van der Waals surface area (Å²) in [5.74, 6) is 1.10. The molecular formula is C52H69N7O6. The standard InChI is InChI=1S/C28H38N4O4.C24H31N3O2/c1-18-20(12-14-25(29)30-18)11-13-24(33)19(2)31-26(34)23-17-22(21-9-7-6-8-10-21)15-16-32(23)27(35)36-28(3,4)5;1-16-18(12-14-23(25)26-16)11-13-22(28)17(2)27-24(29)21-10-6-9-20(15-21)19-7-4-3-5-8-19/h6-10,12,14,19,22-23H,11,13,15-17H2,1-5H3,(H2,29,30)(H,31,34);3-5,7-8,12,14,17,20-21H,6,9-11,13,15H2,1-2H3,(H2,25,26)(H,27,29)/t19-,22-,23+;17-,20-,21+/m00/s1. The van der Waals surface area contributed by atoms with E-state index in [1.165, 1.54) is 10.5 Å². The number of ketones is 2. The second-order valence-corrected chi connectivity index (χ2v) is 18.6. The Labute approximate surface area is 384 Å². The number of piperidine rings is 1. The molecule has 13 nitrogen and oxygen atoms in total. The van der Waals surface area contributed by atoms with Crippen molar-refractivity contribution < 1.29 is 28.7 Å². The molecule has 6 rings (SSSR count). The van der Waals surface area contributed by atoms with Gasteiger partial charge in [0.1, 0.15) is 23.3 Å². The summed E-state index contributed by atoms with van der Waals surface area (Å²) in [5, 5.41) is 5.81. The van der Waals surface area contributed by atoms with Crippen LogP contribution in [0.2, 0.25) is 0 Å². The third-order valence-corrected chi connectivity index (χ3v) is 12.5. The Kier molecular flexibility index (Phi) is 17.8. The fourth-order valence-corrected chi connectivity index (χ4v) is 8.73. The van der Waals surface area contributed by atoms with E-state index < -0.39 is 29.8 Å². The van der Waals surface area contributed by atoms with Crippen LogP contribution in [-0.2, 0) is 36.8 Å². The molecule has 6 N–H and O–H groups in total. The van der Waals surface area contributed by atoms with E-state index in [2.05, 4.69) is 44.9 Å². The van der Waals surface area contributed by atoms with Gasteiger partial charge in [0.25, 0.3) is 0 Å². The molecule has 1 aliphatic carbocycles. The molecule has 1 saturated carbocycles. The number of nitrogens with two attached hydrogens (primary N) is 2. The lowest BCUT2D eigenvalue weighted by molar-refractivity contribution is -0.131. The summed E-state index contributed by atoms with van der Waals surface area (Å²) >= 11 is 0. The lowest BCUT2D eigenvalue weighted by atomic mass is 9.77. The Morgan fingerprint density at radius 2 is 1.15 bits per heavy atom. The molecule has 6 atom stereocenters. The third kappa shape index (κ3) is 15.0. The average molecular weight is 888 g/mol. The summed E-state index contributed by atoms with van der Waals surface area (Å²) < 4.78 is 5.58. The summed E-state index contributed by atoms with van der Waals surface area (Å²) in [5.41, 5.74) is 16.8. The van der Waals surface area contributed by atoms with Crippen molar-refractivity contribution in [3.63, 3.8) is 0 Å². The molecule has 3 amide bonds. The highest BCUT2D eigenvalue weighted by molar-refractivity contribution is 5.92. The van der Waals surface area contributed by atoms with Gasteiger partial charge < -0.3 is 26.8 Å². The number of carbonyl (C=O) groups excluding carboxylic acids is 5. The highest BCUT2D eigenvalue weighted by Gasteiger charge is 2.39. The summed E-state index contributed by atoms with van der Waals surface area (Å²) in [6, 6.07) is 25.8. The summed E-state index contributed by atoms with van der Waals surface area (Å²) in [7, 11) is 0. The minimum atomic E-state index is -0.724. The van der Waals surface area contributed by atoms with E-state index in [4.69, 9.17) is 16.2 Å². The highest BCUT2D eigenvalue weighted by Crippen LogP contribution is 2.36. The lowest BCUT2D eigenvalue weighted by Gasteiger charge is -2.39. The number of nitrogens with zero attached hydrogens (tertiary/aromatic N) is 3. The number of rotatable bonds is 14. The van der Waals surface area contributed by atoms with Crippen LogP contribution in [0.5, 0.6) is 0 Å². The van der Waals surface area contributed by atoms with Gasteiger partial charge in [0.2, 0.25) is 11.8 Å². The maximum atomic E-state index is 13.4. The minimum Gasteiger partial charge on any atom is -0.444 e. The molecule has 2 aliphatic rings. The van der Waals surface area contributed by atoms with Crippen LogP contribution < -0.4 is 22.1 Å². The molecule has 13 heteroatoms. The predicted octanol–water partition coefficient (Wildman–Crippen LogP) is 8.11. The number of carbonyl (C=O) groups is 5. The van der Waals surface area contributed by atoms with Crippen LogP contribution in [0.3, 0.4) is 0 Å². The number of nitrogen functional groups attached to an aromatic ring is 2. The van der Waals surface area contributed by atoms with Gasteiger partial charge in [-0.05, 0) is 140 Å². The van der Waals surface area contributed by atoms with Crippen molar-refractivity contribution >= 4 is 41.1 Å². The first-order valence-corrected chi connectivity index (χ1v) is 23.1. The molecule has 1 aliphatic heterocycles. The molecule has 4 aromatic rings. The second kappa shape index (κ2) is 23.2. The SMILES string of the molecule is Cc1nc(N)ccc1CCC(=O)[C@H](C)NC(=O)[C@@H]1CCC[C@H](c2ccccc2)C1.Cc1nc(N)ccc1CCC(=O)[C@H](C)NC(=O)[C@H]1C[C@@H](c2ccccc2)CCN1C(=O)OC(C)(C)C. The molecule has 65 heavy (non-hydrogen) atoms. The number of nitrogens with one attached hydrogen (secondary N) is 2. The quantitative estimate of drug-likeness (QED) is 0.0959. The van der Waals surface area contributed by atoms with Crippen LogP contribution in [-0.4, -0.2) is 74.6 Å². The number of hydrogen-bond acceptors (Lipinski definition) is 10. The van der Waals surface area contributed by atoms with E-state index in [0.29, 0.717) is 49.8 Å². The predicted molar refractivity (Wildman–Crippen MR) is 255 cm³/mol. The van der Waals surface area contributed by atoms with Crippen molar-refractivity contribution in [2.45, 2.75) is 148 Å². The maximum Gasteiger partial charge on any atom is 0.410 e. The van der Waals surface area contributed by atoms with Crippen LogP contribution in [0.1, 0.15) is 131 Å². The number of ether oxygens (including phenoxy) is 1. The van der Waals surface area contributed by atoms with E-state index in [1.54, 1.807) is 46.8 Å². The van der Waals surface area contributed by atoms with E-state index in [9.17, 15) is 24.0 Å². The van der Waals surface area contributed by atoms with Crippen LogP contribution in [0, 0.1) is 19.8 Å². The Morgan fingerprint density at radius 3 is 1.63 bits per heavy atom. The first-order valence-electron chi connectivity index (χ1n) is 23.1. The Hall–Kier alpha value is -6.11. The number of likely N-dealkylation sites (tertiary alicyclic amines) is 1. The van der Waals surface area contributed by atoms with Gasteiger partial charge in [-0.15, -0.1) is 0 Å². The Bertz CT molecular complexity index is 2250. The fraction of sp³-hybridized carbons (Fsp3) is 0.481. The largest absolute Gasteiger partial charge is 0.444 e. The molecular weight excluding hydrogens is 819 g/mol. The number of aromatic nitrogens is 2. The lowest BCUT2D eigenvalue weighted by Crippen LogP contribution is -2.56. The molecule has 2 aromatic heterocycles. The van der Waals surface area contributed by atoms with Crippen LogP contribution in [0.25, 0.3) is 0 Å². The smallest absolute Gasteiger partial charge is 0.410 e. The third-order valence-electron chi connectivity index (χ3n) is 12.5. The van der Waals surface area contributed by atoms with Crippen molar-refractivity contribution in [1.82, 2.24) is 25.5 Å². The van der Waals surface area contributed by atoms with Gasteiger partial charge in [-0.25, -0.2) is 14.8 Å². The molecule has 1 saturated heterocycles. The number of benzene rings is 2. The van der Waals surface area contributed by atoms with Gasteiger partial charge in [-0.1, -0.05) is 79.2 Å². The van der Waals surface area contributed by atoms with Gasteiger partial charge >= 0.3 is 6.09 Å². The average Bonchev–Trinajstić information content (AvgIpc) is 3.28. The molecule has 3 heterocycles. The van der Waals surface area contributed by atoms with E-state index in [1.807, 2.05) is 62.4 Å². The second-order valence-electron chi connectivity index (χ2n) is 18.6. The van der Waals surface area contributed by atoms with Gasteiger partial charge in [-0.3, -0.25) is 24.1 Å². The molecule has 0 bridgehead atoms. The zero-order valence-corrected chi connectivity index (χ0v) is 39.3. The first-order chi connectivity index (χ1) is 30.9. The monoisotopic (exact) mass is 888 g/mol. The molecule has 2 aromatic carbocycles. The van der Waals surface area contributed by atoms with Crippen molar-refractivity contribution in [1.29, 1.82) is 0 Å². The van der Waals surface area contributed by atoms with Crippen molar-refractivity contribution in [2.75, 3.05) is 18.0 Å².